The third-order valence-electron chi connectivity index (χ3n) is 6.96. The molecule has 0 bridgehead atoms. The van der Waals surface area contributed by atoms with Crippen molar-refractivity contribution in [1.29, 1.82) is 0 Å². The first-order valence-corrected chi connectivity index (χ1v) is 11.8. The van der Waals surface area contributed by atoms with Gasteiger partial charge in [0.15, 0.2) is 0 Å². The number of nitrogens with two attached hydrogens (primary N) is 1. The summed E-state index contributed by atoms with van der Waals surface area (Å²) in [5, 5.41) is 17.0. The zero-order chi connectivity index (χ0) is 25.2. The number of aliphatic hydroxyl groups is 1. The van der Waals surface area contributed by atoms with E-state index >= 15 is 0 Å². The molecule has 2 fully saturated rings. The number of hydrogen-bond acceptors (Lipinski definition) is 5. The second kappa shape index (κ2) is 9.91. The summed E-state index contributed by atoms with van der Waals surface area (Å²) < 4.78 is 38.6. The second-order valence-corrected chi connectivity index (χ2v) is 9.55. The van der Waals surface area contributed by atoms with Crippen LogP contribution in [-0.2, 0) is 11.8 Å². The average molecular weight is 489 g/mol. The van der Waals surface area contributed by atoms with Crippen LogP contribution >= 0.6 is 0 Å². The first kappa shape index (κ1) is 25.1. The SMILES string of the molecule is C=C(CNC(=O)c1cccc(C(F)(F)F)c1)NC1CN(C2CCC(O)(c3cccc(N)c3)CC2)C1. The van der Waals surface area contributed by atoms with E-state index in [-0.39, 0.29) is 18.2 Å². The molecule has 5 N–H and O–H groups in total. The topological polar surface area (TPSA) is 90.6 Å². The summed E-state index contributed by atoms with van der Waals surface area (Å²) >= 11 is 0. The van der Waals surface area contributed by atoms with Crippen LogP contribution in [0.4, 0.5) is 18.9 Å². The van der Waals surface area contributed by atoms with E-state index in [9.17, 15) is 23.1 Å². The highest BCUT2D eigenvalue weighted by atomic mass is 19.4. The lowest BCUT2D eigenvalue weighted by Gasteiger charge is -2.48. The maximum atomic E-state index is 12.9. The smallest absolute Gasteiger partial charge is 0.399 e. The number of anilines is 1. The minimum absolute atomic E-state index is 0.0436. The Morgan fingerprint density at radius 2 is 1.83 bits per heavy atom. The molecule has 1 aliphatic heterocycles. The normalized spacial score (nSPS) is 23.4. The van der Waals surface area contributed by atoms with Gasteiger partial charge in [-0.05, 0) is 61.6 Å². The quantitative estimate of drug-likeness (QED) is 0.447. The Kier molecular flexibility index (Phi) is 7.10. The van der Waals surface area contributed by atoms with Gasteiger partial charge in [-0.25, -0.2) is 0 Å². The van der Waals surface area contributed by atoms with Crippen LogP contribution in [0, 0.1) is 0 Å². The molecule has 0 unspecified atom stereocenters. The van der Waals surface area contributed by atoms with Gasteiger partial charge in [-0.2, -0.15) is 13.2 Å². The lowest BCUT2D eigenvalue weighted by Crippen LogP contribution is -2.62. The van der Waals surface area contributed by atoms with Crippen LogP contribution < -0.4 is 16.4 Å². The number of benzene rings is 2. The molecule has 1 saturated carbocycles. The van der Waals surface area contributed by atoms with Gasteiger partial charge in [0.25, 0.3) is 5.91 Å². The van der Waals surface area contributed by atoms with Crippen molar-refractivity contribution >= 4 is 11.6 Å². The Morgan fingerprint density at radius 1 is 1.14 bits per heavy atom. The zero-order valence-corrected chi connectivity index (χ0v) is 19.4. The number of amides is 1. The van der Waals surface area contributed by atoms with Crippen molar-refractivity contribution < 1.29 is 23.1 Å². The van der Waals surface area contributed by atoms with E-state index in [4.69, 9.17) is 5.73 Å². The fraction of sp³-hybridized carbons (Fsp3) is 0.423. The van der Waals surface area contributed by atoms with Gasteiger partial charge in [0.2, 0.25) is 0 Å². The molecule has 1 aliphatic carbocycles. The molecule has 1 saturated heterocycles. The molecule has 0 atom stereocenters. The number of nitrogens with one attached hydrogen (secondary N) is 2. The number of carbonyl (C=O) groups excluding carboxylic acids is 1. The summed E-state index contributed by atoms with van der Waals surface area (Å²) in [7, 11) is 0. The van der Waals surface area contributed by atoms with Crippen LogP contribution in [0.15, 0.2) is 60.8 Å². The Labute approximate surface area is 203 Å². The maximum absolute atomic E-state index is 12.9. The molecule has 0 radical (unpaired) electrons. The van der Waals surface area contributed by atoms with Crippen LogP contribution in [-0.4, -0.2) is 47.6 Å². The van der Waals surface area contributed by atoms with Gasteiger partial charge in [0.1, 0.15) is 0 Å². The number of halogens is 3. The van der Waals surface area contributed by atoms with E-state index in [2.05, 4.69) is 22.1 Å². The average Bonchev–Trinajstić information content (AvgIpc) is 2.80. The number of nitrogens with zero attached hydrogens (tertiary/aromatic N) is 1. The van der Waals surface area contributed by atoms with E-state index in [1.54, 1.807) is 0 Å². The van der Waals surface area contributed by atoms with Crippen molar-refractivity contribution in [2.45, 2.75) is 49.5 Å². The molecule has 9 heteroatoms. The first-order chi connectivity index (χ1) is 16.5. The third kappa shape index (κ3) is 5.97. The molecule has 188 valence electrons. The summed E-state index contributed by atoms with van der Waals surface area (Å²) in [5.74, 6) is -0.579. The van der Waals surface area contributed by atoms with E-state index < -0.39 is 23.2 Å². The molecule has 0 aromatic heterocycles. The van der Waals surface area contributed by atoms with Gasteiger partial charge in [-0.3, -0.25) is 9.69 Å². The molecule has 1 heterocycles. The minimum atomic E-state index is -4.50. The number of hydrogen-bond donors (Lipinski definition) is 4. The number of likely N-dealkylation sites (tertiary alicyclic amines) is 1. The van der Waals surface area contributed by atoms with Gasteiger partial charge in [0, 0.05) is 36.1 Å². The Balaban J connectivity index is 1.18. The molecule has 1 amide bonds. The van der Waals surface area contributed by atoms with Gasteiger partial charge < -0.3 is 21.5 Å². The molecule has 2 aromatic rings. The number of alkyl halides is 3. The van der Waals surface area contributed by atoms with Crippen molar-refractivity contribution in [1.82, 2.24) is 15.5 Å². The summed E-state index contributed by atoms with van der Waals surface area (Å²) in [6.07, 6.45) is -1.34. The lowest BCUT2D eigenvalue weighted by atomic mass is 9.76. The van der Waals surface area contributed by atoms with Gasteiger partial charge in [-0.1, -0.05) is 24.8 Å². The second-order valence-electron chi connectivity index (χ2n) is 9.55. The lowest BCUT2D eigenvalue weighted by molar-refractivity contribution is -0.137. The van der Waals surface area contributed by atoms with E-state index in [0.717, 1.165) is 43.6 Å². The zero-order valence-electron chi connectivity index (χ0n) is 19.4. The van der Waals surface area contributed by atoms with Crippen molar-refractivity contribution in [2.75, 3.05) is 25.4 Å². The van der Waals surface area contributed by atoms with Gasteiger partial charge in [0.05, 0.1) is 23.8 Å². The van der Waals surface area contributed by atoms with E-state index in [1.807, 2.05) is 24.3 Å². The van der Waals surface area contributed by atoms with Crippen molar-refractivity contribution in [2.24, 2.45) is 0 Å². The highest BCUT2D eigenvalue weighted by molar-refractivity contribution is 5.94. The van der Waals surface area contributed by atoms with E-state index in [0.29, 0.717) is 30.3 Å². The van der Waals surface area contributed by atoms with Gasteiger partial charge >= 0.3 is 6.18 Å². The molecule has 0 spiro atoms. The van der Waals surface area contributed by atoms with Crippen LogP contribution in [0.1, 0.15) is 47.2 Å². The van der Waals surface area contributed by atoms with E-state index in [1.165, 1.54) is 12.1 Å². The number of carbonyl (C=O) groups is 1. The molecular formula is C26H31F3N4O2. The third-order valence-corrected chi connectivity index (χ3v) is 6.96. The van der Waals surface area contributed by atoms with Crippen LogP contribution in [0.25, 0.3) is 0 Å². The predicted octanol–water partition coefficient (Wildman–Crippen LogP) is 3.64. The minimum Gasteiger partial charge on any atom is -0.399 e. The summed E-state index contributed by atoms with van der Waals surface area (Å²) in [5.41, 5.74) is 6.28. The molecule has 2 aromatic carbocycles. The molecular weight excluding hydrogens is 457 g/mol. The fourth-order valence-corrected chi connectivity index (χ4v) is 4.93. The summed E-state index contributed by atoms with van der Waals surface area (Å²) in [4.78, 5) is 14.6. The Hall–Kier alpha value is -3.04. The highest BCUT2D eigenvalue weighted by Crippen LogP contribution is 2.40. The Bertz CT molecular complexity index is 1070. The monoisotopic (exact) mass is 488 g/mol. The van der Waals surface area contributed by atoms with Gasteiger partial charge in [-0.15, -0.1) is 0 Å². The highest BCUT2D eigenvalue weighted by Gasteiger charge is 2.40. The first-order valence-electron chi connectivity index (χ1n) is 11.8. The molecule has 2 aliphatic rings. The van der Waals surface area contributed by atoms with Crippen LogP contribution in [0.2, 0.25) is 0 Å². The number of nitrogen functional groups attached to an aromatic ring is 1. The largest absolute Gasteiger partial charge is 0.416 e. The molecule has 35 heavy (non-hydrogen) atoms. The summed E-state index contributed by atoms with van der Waals surface area (Å²) in [6, 6.07) is 12.4. The maximum Gasteiger partial charge on any atom is 0.416 e. The predicted molar refractivity (Wildman–Crippen MR) is 128 cm³/mol. The summed E-state index contributed by atoms with van der Waals surface area (Å²) in [6.45, 7) is 5.73. The van der Waals surface area contributed by atoms with Crippen LogP contribution in [0.5, 0.6) is 0 Å². The van der Waals surface area contributed by atoms with Crippen molar-refractivity contribution in [3.8, 4) is 0 Å². The number of rotatable bonds is 7. The van der Waals surface area contributed by atoms with Crippen molar-refractivity contribution in [3.05, 3.63) is 77.5 Å². The van der Waals surface area contributed by atoms with Crippen molar-refractivity contribution in [3.63, 3.8) is 0 Å². The fourth-order valence-electron chi connectivity index (χ4n) is 4.93. The molecule has 6 nitrogen and oxygen atoms in total. The standard InChI is InChI=1S/C26H31F3N4O2/c1-17(14-31-24(34)18-4-2-6-20(12-18)26(27,28)29)32-22-15-33(16-22)23-8-10-25(35,11-9-23)19-5-3-7-21(30)13-19/h2-7,12-13,22-23,32,35H,1,8-11,14-16,30H2,(H,31,34). The Morgan fingerprint density at radius 3 is 2.49 bits per heavy atom. The van der Waals surface area contributed by atoms with Crippen LogP contribution in [0.3, 0.4) is 0 Å². The molecule has 4 rings (SSSR count).